The van der Waals surface area contributed by atoms with E-state index in [1.807, 2.05) is 6.92 Å². The van der Waals surface area contributed by atoms with Gasteiger partial charge in [-0.25, -0.2) is 4.79 Å². The van der Waals surface area contributed by atoms with Crippen LogP contribution in [-0.4, -0.2) is 50.8 Å². The molecule has 0 fully saturated rings. The number of phenolic OH excluding ortho intramolecular Hbond substituents is 1. The lowest BCUT2D eigenvalue weighted by Gasteiger charge is -2.25. The van der Waals surface area contributed by atoms with Gasteiger partial charge in [-0.3, -0.25) is 9.59 Å². The summed E-state index contributed by atoms with van der Waals surface area (Å²) in [6.07, 6.45) is -2.21. The summed E-state index contributed by atoms with van der Waals surface area (Å²) >= 11 is 5.29. The summed E-state index contributed by atoms with van der Waals surface area (Å²) in [7, 11) is 0. The fourth-order valence-corrected chi connectivity index (χ4v) is 5.03. The number of ketones is 1. The highest BCUT2D eigenvalue weighted by Gasteiger charge is 2.32. The number of phenols is 1. The van der Waals surface area contributed by atoms with Crippen LogP contribution in [-0.2, 0) is 6.42 Å². The monoisotopic (exact) mass is 608 g/mol. The van der Waals surface area contributed by atoms with Crippen molar-refractivity contribution in [2.24, 2.45) is 5.92 Å². The minimum atomic E-state index is -4.52. The van der Waals surface area contributed by atoms with Crippen molar-refractivity contribution < 1.29 is 47.2 Å². The van der Waals surface area contributed by atoms with E-state index in [9.17, 15) is 42.9 Å². The van der Waals surface area contributed by atoms with Gasteiger partial charge in [0.2, 0.25) is 5.76 Å². The Kier molecular flexibility index (Phi) is 10.9. The number of benzene rings is 1. The van der Waals surface area contributed by atoms with Crippen molar-refractivity contribution in [1.82, 2.24) is 0 Å². The number of carbonyl (C=O) groups is 2. The SMILES string of the molecule is CCCc1c(OCC/C=C\[C@@H](C2=c3c(=O)cc(C(=O)O)oc3=CC(=S)C2)[C@H](O)CCC(F)(F)F)ccc(C(C)=O)c1O. The zero-order valence-corrected chi connectivity index (χ0v) is 23.8. The van der Waals surface area contributed by atoms with Crippen molar-refractivity contribution in [3.05, 3.63) is 68.1 Å². The number of ether oxygens (including phenoxy) is 1. The smallest absolute Gasteiger partial charge is 0.389 e. The van der Waals surface area contributed by atoms with Gasteiger partial charge in [-0.05, 0) is 50.0 Å². The van der Waals surface area contributed by atoms with Crippen molar-refractivity contribution in [1.29, 1.82) is 0 Å². The number of hydrogen-bond donors (Lipinski definition) is 3. The number of aromatic carboxylic acids is 1. The van der Waals surface area contributed by atoms with Crippen molar-refractivity contribution in [2.75, 3.05) is 6.61 Å². The predicted molar refractivity (Wildman–Crippen MR) is 152 cm³/mol. The molecule has 1 aromatic carbocycles. The second kappa shape index (κ2) is 13.9. The van der Waals surface area contributed by atoms with E-state index in [0.717, 1.165) is 6.07 Å². The molecule has 8 nitrogen and oxygen atoms in total. The Labute approximate surface area is 244 Å². The third kappa shape index (κ3) is 8.16. The predicted octanol–water partition coefficient (Wildman–Crippen LogP) is 4.25. The number of aromatic hydroxyl groups is 1. The quantitative estimate of drug-likeness (QED) is 0.132. The highest BCUT2D eigenvalue weighted by molar-refractivity contribution is 7.81. The second-order valence-corrected chi connectivity index (χ2v) is 10.4. The third-order valence-electron chi connectivity index (χ3n) is 6.71. The molecule has 0 spiro atoms. The molecule has 2 aromatic rings. The Hall–Kier alpha value is -3.77. The third-order valence-corrected chi connectivity index (χ3v) is 6.97. The van der Waals surface area contributed by atoms with Crippen LogP contribution < -0.4 is 20.8 Å². The topological polar surface area (TPSA) is 134 Å². The number of carboxylic acid groups (broad SMARTS) is 1. The highest BCUT2D eigenvalue weighted by atomic mass is 32.1. The minimum Gasteiger partial charge on any atom is -0.507 e. The summed E-state index contributed by atoms with van der Waals surface area (Å²) in [6.45, 7) is 3.35. The molecule has 1 aliphatic rings. The lowest BCUT2D eigenvalue weighted by Crippen LogP contribution is -2.46. The Bertz CT molecular complexity index is 1570. The molecule has 0 bridgehead atoms. The summed E-state index contributed by atoms with van der Waals surface area (Å²) in [5.74, 6) is -3.21. The Morgan fingerprint density at radius 3 is 2.60 bits per heavy atom. The number of hydrogen-bond acceptors (Lipinski definition) is 8. The van der Waals surface area contributed by atoms with Crippen LogP contribution in [0.1, 0.15) is 72.4 Å². The standard InChI is InChI=1S/C30H31F3O8S/c1-3-6-20-24(9-8-18(16(2)34)28(20)37)40-12-5-4-7-19(22(35)10-11-30(31,32)33)21-13-17(42)14-25-27(21)23(36)15-26(41-25)29(38)39/h4,7-9,14-15,19,22,35,37H,3,5-6,10-13H2,1-2H3,(H,38,39)/b7-4-/t19-,22+/m0/s1. The maximum absolute atomic E-state index is 13.0. The summed E-state index contributed by atoms with van der Waals surface area (Å²) < 4.78 is 50.1. The molecule has 0 radical (unpaired) electrons. The fourth-order valence-electron chi connectivity index (χ4n) is 4.77. The van der Waals surface area contributed by atoms with E-state index in [1.54, 1.807) is 12.1 Å². The highest BCUT2D eigenvalue weighted by Crippen LogP contribution is 2.33. The molecule has 0 saturated carbocycles. The van der Waals surface area contributed by atoms with E-state index in [1.165, 1.54) is 25.1 Å². The number of alkyl halides is 3. The molecule has 2 atom stereocenters. The summed E-state index contributed by atoms with van der Waals surface area (Å²) in [5, 5.41) is 30.6. The zero-order chi connectivity index (χ0) is 31.2. The molecular weight excluding hydrogens is 577 g/mol. The second-order valence-electron chi connectivity index (χ2n) is 9.89. The molecule has 226 valence electrons. The van der Waals surface area contributed by atoms with Crippen LogP contribution in [0.2, 0.25) is 0 Å². The number of carboxylic acids is 1. The first-order chi connectivity index (χ1) is 19.7. The number of Topliss-reactive ketones (excluding diaryl/α,β-unsaturated/α-hetero) is 1. The number of rotatable bonds is 13. The first kappa shape index (κ1) is 32.7. The van der Waals surface area contributed by atoms with Gasteiger partial charge in [0.25, 0.3) is 0 Å². The Balaban J connectivity index is 1.93. The van der Waals surface area contributed by atoms with Crippen LogP contribution in [0.25, 0.3) is 11.6 Å². The average molecular weight is 609 g/mol. The first-order valence-corrected chi connectivity index (χ1v) is 13.7. The van der Waals surface area contributed by atoms with Crippen molar-refractivity contribution in [3.63, 3.8) is 0 Å². The molecule has 42 heavy (non-hydrogen) atoms. The van der Waals surface area contributed by atoms with E-state index >= 15 is 0 Å². The van der Waals surface area contributed by atoms with Crippen LogP contribution in [0, 0.1) is 5.92 Å². The number of halogens is 3. The van der Waals surface area contributed by atoms with Gasteiger partial charge in [0, 0.05) is 35.3 Å². The van der Waals surface area contributed by atoms with Gasteiger partial charge >= 0.3 is 12.1 Å². The van der Waals surface area contributed by atoms with Crippen LogP contribution in [0.3, 0.4) is 0 Å². The van der Waals surface area contributed by atoms with Gasteiger partial charge in [0.05, 0.1) is 23.5 Å². The van der Waals surface area contributed by atoms with E-state index in [4.69, 9.17) is 21.4 Å². The van der Waals surface area contributed by atoms with Crippen LogP contribution >= 0.6 is 12.2 Å². The van der Waals surface area contributed by atoms with Gasteiger partial charge in [0.15, 0.2) is 11.2 Å². The van der Waals surface area contributed by atoms with E-state index in [-0.39, 0.29) is 57.6 Å². The molecule has 12 heteroatoms. The molecule has 0 unspecified atom stereocenters. The molecular formula is C30H31F3O8S. The fraction of sp³-hybridized carbons (Fsp3) is 0.400. The molecule has 0 aliphatic heterocycles. The number of carbonyl (C=O) groups excluding carboxylic acids is 1. The molecule has 1 heterocycles. The molecule has 1 aromatic heterocycles. The largest absolute Gasteiger partial charge is 0.507 e. The van der Waals surface area contributed by atoms with Gasteiger partial charge in [-0.1, -0.05) is 37.7 Å². The van der Waals surface area contributed by atoms with Crippen LogP contribution in [0.4, 0.5) is 13.2 Å². The van der Waals surface area contributed by atoms with E-state index in [2.05, 4.69) is 0 Å². The van der Waals surface area contributed by atoms with Crippen LogP contribution in [0.5, 0.6) is 11.5 Å². The molecule has 1 aliphatic carbocycles. The van der Waals surface area contributed by atoms with Gasteiger partial charge in [-0.2, -0.15) is 13.2 Å². The number of fused-ring (bicyclic) bond motifs is 1. The van der Waals surface area contributed by atoms with Crippen molar-refractivity contribution in [3.8, 4) is 11.5 Å². The molecule has 3 N–H and O–H groups in total. The van der Waals surface area contributed by atoms with Crippen molar-refractivity contribution in [2.45, 2.75) is 64.7 Å². The Morgan fingerprint density at radius 2 is 1.98 bits per heavy atom. The molecule has 3 rings (SSSR count). The lowest BCUT2D eigenvalue weighted by molar-refractivity contribution is -0.140. The number of thiocarbonyl (C=S) groups is 1. The van der Waals surface area contributed by atoms with Gasteiger partial charge < -0.3 is 24.5 Å². The maximum Gasteiger partial charge on any atom is 0.389 e. The Morgan fingerprint density at radius 1 is 1.26 bits per heavy atom. The average Bonchev–Trinajstić information content (AvgIpc) is 2.89. The molecule has 0 amide bonds. The summed E-state index contributed by atoms with van der Waals surface area (Å²) in [6, 6.07) is 3.83. The minimum absolute atomic E-state index is 0.0176. The summed E-state index contributed by atoms with van der Waals surface area (Å²) in [5.41, 5.74) is 0.0464. The first-order valence-electron chi connectivity index (χ1n) is 13.3. The zero-order valence-electron chi connectivity index (χ0n) is 23.0. The van der Waals surface area contributed by atoms with Gasteiger partial charge in [0.1, 0.15) is 16.9 Å². The van der Waals surface area contributed by atoms with Gasteiger partial charge in [-0.15, -0.1) is 0 Å². The van der Waals surface area contributed by atoms with E-state index in [0.29, 0.717) is 24.2 Å². The maximum atomic E-state index is 13.0. The molecule has 0 saturated heterocycles. The van der Waals surface area contributed by atoms with Crippen molar-refractivity contribution >= 4 is 40.5 Å². The van der Waals surface area contributed by atoms with E-state index < -0.39 is 48.2 Å². The number of aliphatic hydroxyl groups is 1. The van der Waals surface area contributed by atoms with Crippen LogP contribution in [0.15, 0.2) is 39.6 Å². The lowest BCUT2D eigenvalue weighted by atomic mass is 9.84. The normalized spacial score (nSPS) is 14.8. The summed E-state index contributed by atoms with van der Waals surface area (Å²) in [4.78, 5) is 36.3. The number of aliphatic hydroxyl groups excluding tert-OH is 1.